The lowest BCUT2D eigenvalue weighted by Crippen LogP contribution is -2.48. The zero-order valence-corrected chi connectivity index (χ0v) is 16.8. The number of rotatable bonds is 5. The Hall–Kier alpha value is -1.98. The summed E-state index contributed by atoms with van der Waals surface area (Å²) in [6.07, 6.45) is 1.56. The third-order valence-electron chi connectivity index (χ3n) is 4.65. The summed E-state index contributed by atoms with van der Waals surface area (Å²) >= 11 is 7.45. The molecule has 1 N–H and O–H groups in total. The molecule has 6 heteroatoms. The number of amides is 2. The molecule has 0 aromatic heterocycles. The van der Waals surface area contributed by atoms with E-state index < -0.39 is 0 Å². The molecule has 0 radical (unpaired) electrons. The molecule has 3 rings (SSSR count). The van der Waals surface area contributed by atoms with Gasteiger partial charge in [-0.3, -0.25) is 9.59 Å². The molecule has 0 saturated carbocycles. The van der Waals surface area contributed by atoms with Crippen molar-refractivity contribution in [1.29, 1.82) is 0 Å². The molecule has 4 nitrogen and oxygen atoms in total. The average Bonchev–Trinajstić information content (AvgIpc) is 2.70. The molecule has 2 aromatic carbocycles. The lowest BCUT2D eigenvalue weighted by molar-refractivity contribution is -0.131. The summed E-state index contributed by atoms with van der Waals surface area (Å²) in [7, 11) is 0. The van der Waals surface area contributed by atoms with Crippen molar-refractivity contribution >= 4 is 35.2 Å². The highest BCUT2D eigenvalue weighted by molar-refractivity contribution is 8.00. The summed E-state index contributed by atoms with van der Waals surface area (Å²) in [5.41, 5.74) is 0.670. The molecule has 1 aliphatic rings. The first kappa shape index (κ1) is 19.8. The van der Waals surface area contributed by atoms with Gasteiger partial charge in [0.2, 0.25) is 5.91 Å². The first-order chi connectivity index (χ1) is 13.0. The van der Waals surface area contributed by atoms with Gasteiger partial charge in [0.1, 0.15) is 0 Å². The average molecular weight is 403 g/mol. The van der Waals surface area contributed by atoms with E-state index in [-0.39, 0.29) is 23.1 Å². The van der Waals surface area contributed by atoms with Crippen LogP contribution in [0, 0.1) is 0 Å². The van der Waals surface area contributed by atoms with Crippen molar-refractivity contribution in [2.75, 3.05) is 13.1 Å². The van der Waals surface area contributed by atoms with Crippen molar-refractivity contribution in [1.82, 2.24) is 10.2 Å². The second kappa shape index (κ2) is 9.29. The van der Waals surface area contributed by atoms with Crippen LogP contribution in [-0.4, -0.2) is 41.1 Å². The molecule has 2 amide bonds. The molecule has 142 valence electrons. The molecular weight excluding hydrogens is 380 g/mol. The fraction of sp³-hybridized carbons (Fsp3) is 0.333. The molecule has 1 atom stereocenters. The van der Waals surface area contributed by atoms with Gasteiger partial charge < -0.3 is 10.2 Å². The van der Waals surface area contributed by atoms with Crippen LogP contribution in [-0.2, 0) is 4.79 Å². The van der Waals surface area contributed by atoms with Crippen molar-refractivity contribution in [3.05, 3.63) is 65.2 Å². The number of hydrogen-bond donors (Lipinski definition) is 1. The van der Waals surface area contributed by atoms with Crippen LogP contribution in [0.3, 0.4) is 0 Å². The van der Waals surface area contributed by atoms with Crippen molar-refractivity contribution in [2.24, 2.45) is 0 Å². The van der Waals surface area contributed by atoms with E-state index in [1.165, 1.54) is 0 Å². The molecule has 2 aromatic rings. The number of benzene rings is 2. The first-order valence-electron chi connectivity index (χ1n) is 9.10. The smallest absolute Gasteiger partial charge is 0.251 e. The van der Waals surface area contributed by atoms with Crippen molar-refractivity contribution in [3.63, 3.8) is 0 Å². The second-order valence-corrected chi connectivity index (χ2v) is 8.50. The van der Waals surface area contributed by atoms with Crippen molar-refractivity contribution < 1.29 is 9.59 Å². The molecule has 27 heavy (non-hydrogen) atoms. The molecule has 1 unspecified atom stereocenters. The maximum absolute atomic E-state index is 12.7. The fourth-order valence-electron chi connectivity index (χ4n) is 3.13. The predicted molar refractivity (Wildman–Crippen MR) is 110 cm³/mol. The van der Waals surface area contributed by atoms with E-state index in [2.05, 4.69) is 5.32 Å². The van der Waals surface area contributed by atoms with Crippen LogP contribution in [0.4, 0.5) is 0 Å². The number of thioether (sulfide) groups is 1. The van der Waals surface area contributed by atoms with Gasteiger partial charge in [0.25, 0.3) is 5.91 Å². The van der Waals surface area contributed by atoms with E-state index in [9.17, 15) is 9.59 Å². The molecule has 0 aliphatic carbocycles. The van der Waals surface area contributed by atoms with Crippen molar-refractivity contribution in [2.45, 2.75) is 36.0 Å². The largest absolute Gasteiger partial charge is 0.349 e. The number of likely N-dealkylation sites (tertiary alicyclic amines) is 1. The number of carbonyl (C=O) groups excluding carboxylic acids is 2. The Labute approximate surface area is 169 Å². The maximum Gasteiger partial charge on any atom is 0.251 e. The quantitative estimate of drug-likeness (QED) is 0.761. The Balaban J connectivity index is 1.47. The van der Waals surface area contributed by atoms with Crippen molar-refractivity contribution in [3.8, 4) is 0 Å². The standard InChI is InChI=1S/C21H23ClN2O2S/c1-15(27-19-9-7-17(22)8-10-19)21(26)24-13-11-18(12-14-24)23-20(25)16-5-3-2-4-6-16/h2-10,15,18H,11-14H2,1H3,(H,23,25). The number of carbonyl (C=O) groups is 2. The summed E-state index contributed by atoms with van der Waals surface area (Å²) < 4.78 is 0. The monoisotopic (exact) mass is 402 g/mol. The second-order valence-electron chi connectivity index (χ2n) is 6.65. The number of nitrogens with zero attached hydrogens (tertiary/aromatic N) is 1. The number of piperidine rings is 1. The summed E-state index contributed by atoms with van der Waals surface area (Å²) in [6, 6.07) is 16.9. The Morgan fingerprint density at radius 1 is 1.07 bits per heavy atom. The van der Waals surface area contributed by atoms with Gasteiger partial charge in [0.15, 0.2) is 0 Å². The fourth-order valence-corrected chi connectivity index (χ4v) is 4.20. The van der Waals surface area contributed by atoms with Crippen LogP contribution in [0.1, 0.15) is 30.1 Å². The molecule has 0 spiro atoms. The normalized spacial score (nSPS) is 16.0. The van der Waals surface area contributed by atoms with Gasteiger partial charge in [-0.2, -0.15) is 0 Å². The predicted octanol–water partition coefficient (Wildman–Crippen LogP) is 4.24. The van der Waals surface area contributed by atoms with E-state index >= 15 is 0 Å². The number of nitrogens with one attached hydrogen (secondary N) is 1. The van der Waals surface area contributed by atoms with E-state index in [0.717, 1.165) is 17.7 Å². The van der Waals surface area contributed by atoms with Crippen LogP contribution in [0.15, 0.2) is 59.5 Å². The highest BCUT2D eigenvalue weighted by Crippen LogP contribution is 2.26. The molecule has 1 heterocycles. The number of halogens is 1. The molecular formula is C21H23ClN2O2S. The summed E-state index contributed by atoms with van der Waals surface area (Å²) in [6.45, 7) is 3.28. The van der Waals surface area contributed by atoms with E-state index in [1.807, 2.05) is 66.4 Å². The Kier molecular flexibility index (Phi) is 6.80. The summed E-state index contributed by atoms with van der Waals surface area (Å²) in [5, 5.41) is 3.62. The van der Waals surface area contributed by atoms with E-state index in [1.54, 1.807) is 11.8 Å². The van der Waals surface area contributed by atoms with E-state index in [4.69, 9.17) is 11.6 Å². The molecule has 1 aliphatic heterocycles. The van der Waals surface area contributed by atoms with Crippen LogP contribution < -0.4 is 5.32 Å². The highest BCUT2D eigenvalue weighted by Gasteiger charge is 2.27. The van der Waals surface area contributed by atoms with Gasteiger partial charge in [-0.15, -0.1) is 11.8 Å². The maximum atomic E-state index is 12.7. The van der Waals surface area contributed by atoms with Gasteiger partial charge in [0.05, 0.1) is 5.25 Å². The van der Waals surface area contributed by atoms with Crippen LogP contribution >= 0.6 is 23.4 Å². The Morgan fingerprint density at radius 2 is 1.70 bits per heavy atom. The number of hydrogen-bond acceptors (Lipinski definition) is 3. The van der Waals surface area contributed by atoms with Crippen LogP contribution in [0.25, 0.3) is 0 Å². The minimum atomic E-state index is -0.151. The molecule has 1 fully saturated rings. The molecule has 1 saturated heterocycles. The third-order valence-corrected chi connectivity index (χ3v) is 6.00. The summed E-state index contributed by atoms with van der Waals surface area (Å²) in [5.74, 6) is 0.0924. The minimum Gasteiger partial charge on any atom is -0.349 e. The molecule has 0 bridgehead atoms. The first-order valence-corrected chi connectivity index (χ1v) is 10.4. The van der Waals surface area contributed by atoms with E-state index in [0.29, 0.717) is 23.7 Å². The minimum absolute atomic E-state index is 0.0490. The lowest BCUT2D eigenvalue weighted by atomic mass is 10.0. The van der Waals surface area contributed by atoms with Gasteiger partial charge >= 0.3 is 0 Å². The van der Waals surface area contributed by atoms with Gasteiger partial charge in [-0.05, 0) is 56.2 Å². The Morgan fingerprint density at radius 3 is 2.33 bits per heavy atom. The topological polar surface area (TPSA) is 49.4 Å². The zero-order valence-electron chi connectivity index (χ0n) is 15.2. The third kappa shape index (κ3) is 5.50. The zero-order chi connectivity index (χ0) is 19.2. The van der Waals surface area contributed by atoms with Gasteiger partial charge in [-0.1, -0.05) is 29.8 Å². The van der Waals surface area contributed by atoms with Gasteiger partial charge in [0, 0.05) is 34.6 Å². The van der Waals surface area contributed by atoms with Crippen LogP contribution in [0.5, 0.6) is 0 Å². The van der Waals surface area contributed by atoms with Crippen LogP contribution in [0.2, 0.25) is 5.02 Å². The summed E-state index contributed by atoms with van der Waals surface area (Å²) in [4.78, 5) is 27.9. The highest BCUT2D eigenvalue weighted by atomic mass is 35.5. The van der Waals surface area contributed by atoms with Gasteiger partial charge in [-0.25, -0.2) is 0 Å². The Bertz CT molecular complexity index is 775. The SMILES string of the molecule is CC(Sc1ccc(Cl)cc1)C(=O)N1CCC(NC(=O)c2ccccc2)CC1. The lowest BCUT2D eigenvalue weighted by Gasteiger charge is -2.33.